The molecule has 1 fully saturated rings. The minimum Gasteiger partial charge on any atom is -0.328 e. The second-order valence-corrected chi connectivity index (χ2v) is 5.34. The number of nitrogens with two attached hydrogens (primary N) is 1. The van der Waals surface area contributed by atoms with Crippen molar-refractivity contribution in [1.82, 2.24) is 14.5 Å². The first-order chi connectivity index (χ1) is 8.75. The molecule has 1 aliphatic carbocycles. The van der Waals surface area contributed by atoms with Gasteiger partial charge in [-0.1, -0.05) is 0 Å². The van der Waals surface area contributed by atoms with E-state index in [2.05, 4.69) is 22.5 Å². The first-order valence-electron chi connectivity index (χ1n) is 6.83. The Morgan fingerprint density at radius 2 is 2.33 bits per heavy atom. The molecule has 1 saturated carbocycles. The minimum absolute atomic E-state index is 0.280. The Morgan fingerprint density at radius 1 is 1.50 bits per heavy atom. The Labute approximate surface area is 107 Å². The van der Waals surface area contributed by atoms with Crippen molar-refractivity contribution in [1.29, 1.82) is 0 Å². The fraction of sp³-hybridized carbons (Fsp3) is 0.571. The van der Waals surface area contributed by atoms with E-state index in [0.29, 0.717) is 6.04 Å². The van der Waals surface area contributed by atoms with Crippen LogP contribution in [0.3, 0.4) is 0 Å². The maximum atomic E-state index is 5.80. The molecule has 96 valence electrons. The Kier molecular flexibility index (Phi) is 3.04. The molecule has 0 amide bonds. The van der Waals surface area contributed by atoms with Crippen LogP contribution in [0, 0.1) is 0 Å². The van der Waals surface area contributed by atoms with Gasteiger partial charge in [0.1, 0.15) is 11.3 Å². The van der Waals surface area contributed by atoms with Crippen molar-refractivity contribution < 1.29 is 0 Å². The maximum absolute atomic E-state index is 5.80. The zero-order chi connectivity index (χ0) is 12.5. The zero-order valence-electron chi connectivity index (χ0n) is 10.8. The molecule has 2 N–H and O–H groups in total. The quantitative estimate of drug-likeness (QED) is 0.878. The van der Waals surface area contributed by atoms with Gasteiger partial charge >= 0.3 is 0 Å². The van der Waals surface area contributed by atoms with Crippen molar-refractivity contribution >= 4 is 11.2 Å². The standard InChI is InChI=1S/C14H20N4/c1-10(15)4-2-6-13-17-12-5-3-9-16-14(12)18(13)11-7-8-11/h3,5,9-11H,2,4,6-8,15H2,1H3. The lowest BCUT2D eigenvalue weighted by Crippen LogP contribution is -2.15. The molecule has 0 saturated heterocycles. The fourth-order valence-electron chi connectivity index (χ4n) is 2.45. The molecule has 18 heavy (non-hydrogen) atoms. The van der Waals surface area contributed by atoms with E-state index in [1.807, 2.05) is 12.3 Å². The summed E-state index contributed by atoms with van der Waals surface area (Å²) in [7, 11) is 0. The van der Waals surface area contributed by atoms with Crippen LogP contribution in [0.15, 0.2) is 18.3 Å². The molecule has 0 bridgehead atoms. The van der Waals surface area contributed by atoms with Gasteiger partial charge in [0.25, 0.3) is 0 Å². The van der Waals surface area contributed by atoms with E-state index in [1.54, 1.807) is 0 Å². The molecule has 2 heterocycles. The number of aryl methyl sites for hydroxylation is 1. The smallest absolute Gasteiger partial charge is 0.160 e. The van der Waals surface area contributed by atoms with E-state index in [4.69, 9.17) is 10.7 Å². The number of hydrogen-bond donors (Lipinski definition) is 1. The molecule has 1 unspecified atom stereocenters. The summed E-state index contributed by atoms with van der Waals surface area (Å²) in [6.07, 6.45) is 7.56. The van der Waals surface area contributed by atoms with Gasteiger partial charge in [-0.05, 0) is 44.7 Å². The molecule has 0 aromatic carbocycles. The van der Waals surface area contributed by atoms with Crippen LogP contribution in [0.4, 0.5) is 0 Å². The molecule has 4 nitrogen and oxygen atoms in total. The van der Waals surface area contributed by atoms with Crippen LogP contribution in [-0.2, 0) is 6.42 Å². The first kappa shape index (κ1) is 11.7. The number of pyridine rings is 1. The van der Waals surface area contributed by atoms with Crippen LogP contribution in [0.2, 0.25) is 0 Å². The molecule has 1 atom stereocenters. The lowest BCUT2D eigenvalue weighted by molar-refractivity contribution is 0.594. The van der Waals surface area contributed by atoms with Crippen LogP contribution >= 0.6 is 0 Å². The highest BCUT2D eigenvalue weighted by molar-refractivity contribution is 5.71. The lowest BCUT2D eigenvalue weighted by Gasteiger charge is -2.07. The Balaban J connectivity index is 1.88. The van der Waals surface area contributed by atoms with E-state index >= 15 is 0 Å². The van der Waals surface area contributed by atoms with Crippen LogP contribution in [0.1, 0.15) is 44.5 Å². The van der Waals surface area contributed by atoms with Gasteiger partial charge < -0.3 is 10.3 Å². The second kappa shape index (κ2) is 4.69. The third-order valence-corrected chi connectivity index (χ3v) is 3.49. The summed E-state index contributed by atoms with van der Waals surface area (Å²) in [4.78, 5) is 9.21. The largest absolute Gasteiger partial charge is 0.328 e. The highest BCUT2D eigenvalue weighted by Gasteiger charge is 2.28. The van der Waals surface area contributed by atoms with Gasteiger partial charge in [-0.2, -0.15) is 0 Å². The van der Waals surface area contributed by atoms with Crippen LogP contribution < -0.4 is 5.73 Å². The molecule has 0 radical (unpaired) electrons. The molecular formula is C14H20N4. The predicted octanol–water partition coefficient (Wildman–Crippen LogP) is 2.44. The summed E-state index contributed by atoms with van der Waals surface area (Å²) in [5.74, 6) is 1.19. The lowest BCUT2D eigenvalue weighted by atomic mass is 10.1. The highest BCUT2D eigenvalue weighted by atomic mass is 15.2. The van der Waals surface area contributed by atoms with Crippen LogP contribution in [-0.4, -0.2) is 20.6 Å². The monoisotopic (exact) mass is 244 g/mol. The van der Waals surface area contributed by atoms with Gasteiger partial charge in [-0.3, -0.25) is 0 Å². The SMILES string of the molecule is CC(N)CCCc1nc2cccnc2n1C1CC1. The van der Waals surface area contributed by atoms with E-state index in [9.17, 15) is 0 Å². The van der Waals surface area contributed by atoms with Crippen molar-refractivity contribution in [2.45, 2.75) is 51.1 Å². The average molecular weight is 244 g/mol. The van der Waals surface area contributed by atoms with Gasteiger partial charge in [-0.15, -0.1) is 0 Å². The van der Waals surface area contributed by atoms with Crippen molar-refractivity contribution in [3.63, 3.8) is 0 Å². The summed E-state index contributed by atoms with van der Waals surface area (Å²) >= 11 is 0. The Hall–Kier alpha value is -1.42. The van der Waals surface area contributed by atoms with E-state index in [1.165, 1.54) is 18.7 Å². The van der Waals surface area contributed by atoms with Gasteiger partial charge in [0.15, 0.2) is 5.65 Å². The maximum Gasteiger partial charge on any atom is 0.160 e. The number of nitrogens with zero attached hydrogens (tertiary/aromatic N) is 3. The first-order valence-corrected chi connectivity index (χ1v) is 6.83. The third kappa shape index (κ3) is 2.25. The number of rotatable bonds is 5. The summed E-state index contributed by atoms with van der Waals surface area (Å²) < 4.78 is 2.34. The van der Waals surface area contributed by atoms with Gasteiger partial charge in [-0.25, -0.2) is 9.97 Å². The van der Waals surface area contributed by atoms with Crippen molar-refractivity contribution in [2.24, 2.45) is 5.73 Å². The summed E-state index contributed by atoms with van der Waals surface area (Å²) in [6, 6.07) is 4.92. The molecule has 4 heteroatoms. The van der Waals surface area contributed by atoms with Crippen LogP contribution in [0.5, 0.6) is 0 Å². The second-order valence-electron chi connectivity index (χ2n) is 5.34. The molecule has 0 spiro atoms. The Bertz CT molecular complexity index is 540. The van der Waals surface area contributed by atoms with Crippen LogP contribution in [0.25, 0.3) is 11.2 Å². The third-order valence-electron chi connectivity index (χ3n) is 3.49. The minimum atomic E-state index is 0.280. The summed E-state index contributed by atoms with van der Waals surface area (Å²) in [5.41, 5.74) is 7.88. The van der Waals surface area contributed by atoms with Crippen molar-refractivity contribution in [2.75, 3.05) is 0 Å². The molecule has 2 aromatic rings. The van der Waals surface area contributed by atoms with Crippen molar-refractivity contribution in [3.05, 3.63) is 24.2 Å². The normalized spacial score (nSPS) is 17.2. The summed E-state index contributed by atoms with van der Waals surface area (Å²) in [6.45, 7) is 2.06. The van der Waals surface area contributed by atoms with E-state index < -0.39 is 0 Å². The molecule has 3 rings (SSSR count). The molecule has 1 aliphatic rings. The zero-order valence-corrected chi connectivity index (χ0v) is 10.8. The van der Waals surface area contributed by atoms with Gasteiger partial charge in [0.05, 0.1) is 0 Å². The number of fused-ring (bicyclic) bond motifs is 1. The van der Waals surface area contributed by atoms with E-state index in [-0.39, 0.29) is 6.04 Å². The summed E-state index contributed by atoms with van der Waals surface area (Å²) in [5, 5.41) is 0. The van der Waals surface area contributed by atoms with Crippen molar-refractivity contribution in [3.8, 4) is 0 Å². The topological polar surface area (TPSA) is 56.7 Å². The highest BCUT2D eigenvalue weighted by Crippen LogP contribution is 2.38. The average Bonchev–Trinajstić information content (AvgIpc) is 3.10. The predicted molar refractivity (Wildman–Crippen MR) is 72.4 cm³/mol. The number of aromatic nitrogens is 3. The number of imidazole rings is 1. The molecule has 0 aliphatic heterocycles. The fourth-order valence-corrected chi connectivity index (χ4v) is 2.45. The number of hydrogen-bond acceptors (Lipinski definition) is 3. The molecular weight excluding hydrogens is 224 g/mol. The van der Waals surface area contributed by atoms with Gasteiger partial charge in [0, 0.05) is 24.7 Å². The van der Waals surface area contributed by atoms with E-state index in [0.717, 1.165) is 30.4 Å². The molecule has 2 aromatic heterocycles. The Morgan fingerprint density at radius 3 is 3.06 bits per heavy atom. The van der Waals surface area contributed by atoms with Gasteiger partial charge in [0.2, 0.25) is 0 Å².